The lowest BCUT2D eigenvalue weighted by molar-refractivity contribution is 0.0600. The molecule has 0 aliphatic rings. The van der Waals surface area contributed by atoms with E-state index < -0.39 is 5.97 Å². The lowest BCUT2D eigenvalue weighted by atomic mass is 9.94. The number of hydrogen-bond acceptors (Lipinski definition) is 3. The van der Waals surface area contributed by atoms with Crippen LogP contribution in [0.25, 0.3) is 0 Å². The summed E-state index contributed by atoms with van der Waals surface area (Å²) in [4.78, 5) is 26.7. The second-order valence-corrected chi connectivity index (χ2v) is 6.81. The molecule has 1 amide bonds. The normalized spacial score (nSPS) is 11.9. The van der Waals surface area contributed by atoms with Crippen molar-refractivity contribution in [1.82, 2.24) is 4.90 Å². The zero-order valence-corrected chi connectivity index (χ0v) is 16.2. The van der Waals surface area contributed by atoms with E-state index in [-0.39, 0.29) is 23.7 Å². The van der Waals surface area contributed by atoms with Crippen LogP contribution in [0.1, 0.15) is 47.1 Å². The van der Waals surface area contributed by atoms with Gasteiger partial charge in [0.15, 0.2) is 0 Å². The first-order valence-electron chi connectivity index (χ1n) is 9.11. The molecule has 2 aromatic carbocycles. The minimum atomic E-state index is -0.473. The number of carbonyl (C=O) groups excluding carboxylic acids is 2. The summed E-state index contributed by atoms with van der Waals surface area (Å²) in [6.45, 7) is 6.59. The van der Waals surface area contributed by atoms with Gasteiger partial charge in [-0.2, -0.15) is 0 Å². The first-order valence-corrected chi connectivity index (χ1v) is 9.11. The number of hydrogen-bond donors (Lipinski definition) is 0. The Hall–Kier alpha value is -2.69. The van der Waals surface area contributed by atoms with E-state index in [2.05, 4.69) is 13.8 Å². The van der Waals surface area contributed by atoms with Crippen LogP contribution in [-0.2, 0) is 11.2 Å². The van der Waals surface area contributed by atoms with E-state index in [1.54, 1.807) is 36.4 Å². The van der Waals surface area contributed by atoms with Gasteiger partial charge in [-0.1, -0.05) is 32.0 Å². The van der Waals surface area contributed by atoms with Crippen molar-refractivity contribution in [2.75, 3.05) is 13.7 Å². The Morgan fingerprint density at radius 3 is 2.26 bits per heavy atom. The van der Waals surface area contributed by atoms with Gasteiger partial charge in [0.1, 0.15) is 5.82 Å². The highest BCUT2D eigenvalue weighted by Crippen LogP contribution is 2.20. The molecule has 0 fully saturated rings. The molecule has 0 aliphatic carbocycles. The van der Waals surface area contributed by atoms with E-state index in [4.69, 9.17) is 4.74 Å². The van der Waals surface area contributed by atoms with E-state index in [1.807, 2.05) is 11.8 Å². The number of likely N-dealkylation sites (N-methyl/N-ethyl adjacent to an activating group) is 1. The lowest BCUT2D eigenvalue weighted by Crippen LogP contribution is -2.44. The summed E-state index contributed by atoms with van der Waals surface area (Å²) in [5, 5.41) is 0. The van der Waals surface area contributed by atoms with Crippen LogP contribution in [0.2, 0.25) is 0 Å². The van der Waals surface area contributed by atoms with Gasteiger partial charge in [-0.25, -0.2) is 9.18 Å². The molecule has 0 aliphatic heterocycles. The monoisotopic (exact) mass is 371 g/mol. The highest BCUT2D eigenvalue weighted by Gasteiger charge is 2.26. The zero-order valence-electron chi connectivity index (χ0n) is 16.2. The van der Waals surface area contributed by atoms with Crippen molar-refractivity contribution < 1.29 is 18.7 Å². The van der Waals surface area contributed by atoms with Gasteiger partial charge in [-0.3, -0.25) is 4.79 Å². The molecule has 27 heavy (non-hydrogen) atoms. The molecule has 2 rings (SSSR count). The van der Waals surface area contributed by atoms with Crippen LogP contribution in [-0.4, -0.2) is 36.5 Å². The molecule has 5 heteroatoms. The first-order chi connectivity index (χ1) is 12.9. The predicted molar refractivity (Wildman–Crippen MR) is 103 cm³/mol. The first kappa shape index (κ1) is 20.6. The van der Waals surface area contributed by atoms with Gasteiger partial charge in [0.05, 0.1) is 12.7 Å². The van der Waals surface area contributed by atoms with Gasteiger partial charge in [0.2, 0.25) is 0 Å². The Balaban J connectivity index is 2.29. The number of rotatable bonds is 7. The van der Waals surface area contributed by atoms with Gasteiger partial charge in [0, 0.05) is 18.2 Å². The Morgan fingerprint density at radius 2 is 1.70 bits per heavy atom. The molecule has 0 saturated heterocycles. The highest BCUT2D eigenvalue weighted by atomic mass is 19.1. The molecule has 2 aromatic rings. The minimum Gasteiger partial charge on any atom is -0.465 e. The second-order valence-electron chi connectivity index (χ2n) is 6.81. The molecule has 0 radical (unpaired) electrons. The van der Waals surface area contributed by atoms with Gasteiger partial charge < -0.3 is 9.64 Å². The molecule has 144 valence electrons. The Morgan fingerprint density at radius 1 is 1.07 bits per heavy atom. The van der Waals surface area contributed by atoms with E-state index in [0.29, 0.717) is 24.1 Å². The molecular formula is C22H26FNO3. The van der Waals surface area contributed by atoms with Gasteiger partial charge in [-0.15, -0.1) is 0 Å². The number of carbonyl (C=O) groups is 2. The molecule has 0 saturated carbocycles. The maximum Gasteiger partial charge on any atom is 0.337 e. The average Bonchev–Trinajstić information content (AvgIpc) is 2.68. The fraction of sp³-hybridized carbons (Fsp3) is 0.364. The summed E-state index contributed by atoms with van der Waals surface area (Å²) in [7, 11) is 1.31. The second kappa shape index (κ2) is 9.31. The summed E-state index contributed by atoms with van der Waals surface area (Å²) in [5.41, 5.74) is 1.77. The molecular weight excluding hydrogens is 345 g/mol. The molecule has 0 bridgehead atoms. The van der Waals surface area contributed by atoms with Crippen LogP contribution in [0.3, 0.4) is 0 Å². The van der Waals surface area contributed by atoms with Crippen LogP contribution >= 0.6 is 0 Å². The third-order valence-electron chi connectivity index (χ3n) is 4.66. The van der Waals surface area contributed by atoms with Crippen LogP contribution in [0.4, 0.5) is 4.39 Å². The maximum atomic E-state index is 13.2. The molecule has 1 atom stereocenters. The molecule has 4 nitrogen and oxygen atoms in total. The molecule has 0 aromatic heterocycles. The average molecular weight is 371 g/mol. The summed E-state index contributed by atoms with van der Waals surface area (Å²) in [5.74, 6) is -0.672. The summed E-state index contributed by atoms with van der Waals surface area (Å²) >= 11 is 0. The van der Waals surface area contributed by atoms with Crippen molar-refractivity contribution in [3.05, 3.63) is 71.0 Å². The van der Waals surface area contributed by atoms with E-state index in [9.17, 15) is 14.0 Å². The largest absolute Gasteiger partial charge is 0.465 e. The molecule has 1 unspecified atom stereocenters. The highest BCUT2D eigenvalue weighted by molar-refractivity contribution is 5.98. The van der Waals surface area contributed by atoms with Crippen molar-refractivity contribution in [2.24, 2.45) is 5.92 Å². The Bertz CT molecular complexity index is 786. The number of esters is 1. The number of halogens is 1. The summed E-state index contributed by atoms with van der Waals surface area (Å²) < 4.78 is 17.9. The quantitative estimate of drug-likeness (QED) is 0.680. The fourth-order valence-electron chi connectivity index (χ4n) is 3.16. The van der Waals surface area contributed by atoms with Crippen molar-refractivity contribution in [2.45, 2.75) is 33.2 Å². The van der Waals surface area contributed by atoms with Crippen molar-refractivity contribution in [3.8, 4) is 0 Å². The smallest absolute Gasteiger partial charge is 0.337 e. The maximum absolute atomic E-state index is 13.2. The predicted octanol–water partition coefficient (Wildman–Crippen LogP) is 4.34. The molecule has 0 spiro atoms. The van der Waals surface area contributed by atoms with Crippen LogP contribution < -0.4 is 0 Å². The number of ether oxygens (including phenoxy) is 1. The molecule has 0 N–H and O–H groups in total. The topological polar surface area (TPSA) is 46.6 Å². The number of nitrogens with zero attached hydrogens (tertiary/aromatic N) is 1. The van der Waals surface area contributed by atoms with Crippen LogP contribution in [0.5, 0.6) is 0 Å². The number of methoxy groups -OCH3 is 1. The number of amides is 1. The van der Waals surface area contributed by atoms with E-state index >= 15 is 0 Å². The van der Waals surface area contributed by atoms with Crippen molar-refractivity contribution in [3.63, 3.8) is 0 Å². The summed E-state index contributed by atoms with van der Waals surface area (Å²) in [6, 6.07) is 12.9. The van der Waals surface area contributed by atoms with Crippen LogP contribution in [0, 0.1) is 11.7 Å². The third kappa shape index (κ3) is 5.16. The van der Waals surface area contributed by atoms with Crippen molar-refractivity contribution in [1.29, 1.82) is 0 Å². The zero-order chi connectivity index (χ0) is 20.0. The van der Waals surface area contributed by atoms with Crippen molar-refractivity contribution >= 4 is 11.9 Å². The number of benzene rings is 2. The SMILES string of the molecule is CCN(C(=O)c1cccc(C(=O)OC)c1)C(Cc1ccc(F)cc1)C(C)C. The fourth-order valence-corrected chi connectivity index (χ4v) is 3.16. The van der Waals surface area contributed by atoms with E-state index in [0.717, 1.165) is 5.56 Å². The minimum absolute atomic E-state index is 0.0465. The van der Waals surface area contributed by atoms with Gasteiger partial charge in [0.25, 0.3) is 5.91 Å². The van der Waals surface area contributed by atoms with Gasteiger partial charge in [-0.05, 0) is 55.2 Å². The Kier molecular flexibility index (Phi) is 7.11. The van der Waals surface area contributed by atoms with Crippen LogP contribution in [0.15, 0.2) is 48.5 Å². The lowest BCUT2D eigenvalue weighted by Gasteiger charge is -2.34. The third-order valence-corrected chi connectivity index (χ3v) is 4.66. The van der Waals surface area contributed by atoms with E-state index in [1.165, 1.54) is 19.2 Å². The standard InChI is InChI=1S/C22H26FNO3/c1-5-24(20(15(2)3)13-16-9-11-19(23)12-10-16)21(25)17-7-6-8-18(14-17)22(26)27-4/h6-12,14-15,20H,5,13H2,1-4H3. The Labute approximate surface area is 159 Å². The molecule has 0 heterocycles. The van der Waals surface area contributed by atoms with Gasteiger partial charge >= 0.3 is 5.97 Å². The summed E-state index contributed by atoms with van der Waals surface area (Å²) in [6.07, 6.45) is 0.633.